The Kier molecular flexibility index (Phi) is 7.52. The average Bonchev–Trinajstić information content (AvgIpc) is 2.72. The van der Waals surface area contributed by atoms with Gasteiger partial charge in [0.15, 0.2) is 0 Å². The first-order chi connectivity index (χ1) is 12.8. The molecule has 3 rings (SSSR count). The molecule has 2 aromatic rings. The summed E-state index contributed by atoms with van der Waals surface area (Å²) in [5.41, 5.74) is 5.55. The largest absolute Gasteiger partial charge is 0.0654 e. The van der Waals surface area contributed by atoms with Gasteiger partial charge in [0.2, 0.25) is 0 Å². The normalized spacial score (nSPS) is 14.1. The van der Waals surface area contributed by atoms with Crippen LogP contribution < -0.4 is 0 Å². The van der Waals surface area contributed by atoms with Crippen molar-refractivity contribution in [1.29, 1.82) is 0 Å². The van der Waals surface area contributed by atoms with Crippen LogP contribution in [0.15, 0.2) is 60.7 Å². The molecule has 2 heteroatoms. The maximum absolute atomic E-state index is 2.28. The standard InChI is InChI=1S/C24H28S2/c1-3-5-7-19-9-13-21(14-10-19)23-17-18-24(26-25-23)22-15-11-20(12-16-22)8-6-4-2/h9-18H,3-8H2,1-2H3. The Morgan fingerprint density at radius 3 is 1.27 bits per heavy atom. The lowest BCUT2D eigenvalue weighted by Crippen LogP contribution is -1.89. The average molecular weight is 381 g/mol. The molecule has 0 amide bonds. The van der Waals surface area contributed by atoms with E-state index in [9.17, 15) is 0 Å². The summed E-state index contributed by atoms with van der Waals surface area (Å²) in [7, 11) is 3.74. The summed E-state index contributed by atoms with van der Waals surface area (Å²) >= 11 is 0. The number of unbranched alkanes of at least 4 members (excludes halogenated alkanes) is 2. The molecule has 0 atom stereocenters. The van der Waals surface area contributed by atoms with Crippen molar-refractivity contribution in [2.24, 2.45) is 0 Å². The van der Waals surface area contributed by atoms with Crippen LogP contribution in [0.25, 0.3) is 9.81 Å². The number of hydrogen-bond donors (Lipinski definition) is 0. The second-order valence-electron chi connectivity index (χ2n) is 6.83. The van der Waals surface area contributed by atoms with E-state index in [1.54, 1.807) is 0 Å². The van der Waals surface area contributed by atoms with Crippen molar-refractivity contribution < 1.29 is 0 Å². The third-order valence-electron chi connectivity index (χ3n) is 4.72. The van der Waals surface area contributed by atoms with Crippen LogP contribution >= 0.6 is 21.6 Å². The zero-order valence-electron chi connectivity index (χ0n) is 15.8. The molecule has 0 fully saturated rings. The van der Waals surface area contributed by atoms with Crippen LogP contribution in [0.4, 0.5) is 0 Å². The second-order valence-corrected chi connectivity index (χ2v) is 9.04. The number of hydrogen-bond acceptors (Lipinski definition) is 2. The maximum atomic E-state index is 2.28. The van der Waals surface area contributed by atoms with Gasteiger partial charge >= 0.3 is 0 Å². The molecule has 0 aliphatic carbocycles. The number of allylic oxidation sites excluding steroid dienone is 2. The molecule has 136 valence electrons. The van der Waals surface area contributed by atoms with Gasteiger partial charge in [-0.1, -0.05) is 96.8 Å². The second kappa shape index (κ2) is 10.1. The molecule has 1 aliphatic rings. The predicted molar refractivity (Wildman–Crippen MR) is 121 cm³/mol. The topological polar surface area (TPSA) is 0 Å². The van der Waals surface area contributed by atoms with E-state index in [1.807, 2.05) is 21.6 Å². The van der Waals surface area contributed by atoms with E-state index in [0.717, 1.165) is 0 Å². The highest BCUT2D eigenvalue weighted by atomic mass is 33.1. The van der Waals surface area contributed by atoms with E-state index in [-0.39, 0.29) is 0 Å². The van der Waals surface area contributed by atoms with Gasteiger partial charge in [-0.15, -0.1) is 0 Å². The van der Waals surface area contributed by atoms with E-state index in [2.05, 4.69) is 74.5 Å². The summed E-state index contributed by atoms with van der Waals surface area (Å²) < 4.78 is 0. The van der Waals surface area contributed by atoms with Crippen LogP contribution in [-0.2, 0) is 12.8 Å². The van der Waals surface area contributed by atoms with Crippen LogP contribution in [0.1, 0.15) is 61.8 Å². The van der Waals surface area contributed by atoms with Crippen molar-refractivity contribution >= 4 is 31.4 Å². The van der Waals surface area contributed by atoms with Crippen LogP contribution in [0.3, 0.4) is 0 Å². The number of aryl methyl sites for hydroxylation is 2. The molecule has 0 spiro atoms. The first-order valence-corrected chi connectivity index (χ1v) is 11.9. The molecule has 0 saturated carbocycles. The summed E-state index contributed by atoms with van der Waals surface area (Å²) in [6.45, 7) is 4.50. The van der Waals surface area contributed by atoms with Crippen molar-refractivity contribution in [2.75, 3.05) is 0 Å². The zero-order chi connectivity index (χ0) is 18.2. The molecule has 0 radical (unpaired) electrons. The van der Waals surface area contributed by atoms with Gasteiger partial charge in [0, 0.05) is 9.81 Å². The van der Waals surface area contributed by atoms with E-state index < -0.39 is 0 Å². The van der Waals surface area contributed by atoms with Crippen LogP contribution in [0.5, 0.6) is 0 Å². The Balaban J connectivity index is 1.66. The SMILES string of the molecule is CCCCc1ccc(C2=CC=C(c3ccc(CCCC)cc3)SS2)cc1. The van der Waals surface area contributed by atoms with Gasteiger partial charge in [-0.05, 0) is 60.1 Å². The predicted octanol–water partition coefficient (Wildman–Crippen LogP) is 8.15. The van der Waals surface area contributed by atoms with Gasteiger partial charge in [0.05, 0.1) is 0 Å². The summed E-state index contributed by atoms with van der Waals surface area (Å²) in [5.74, 6) is 0. The smallest absolute Gasteiger partial charge is 0.0259 e. The summed E-state index contributed by atoms with van der Waals surface area (Å²) in [5, 5.41) is 0. The Hall–Kier alpha value is -1.38. The highest BCUT2D eigenvalue weighted by Crippen LogP contribution is 2.48. The molecule has 26 heavy (non-hydrogen) atoms. The summed E-state index contributed by atoms with van der Waals surface area (Å²) in [4.78, 5) is 2.70. The van der Waals surface area contributed by atoms with Crippen LogP contribution in [-0.4, -0.2) is 0 Å². The van der Waals surface area contributed by atoms with E-state index in [1.165, 1.54) is 70.6 Å². The minimum absolute atomic E-state index is 1.19. The molecule has 0 bridgehead atoms. The summed E-state index contributed by atoms with van der Waals surface area (Å²) in [6, 6.07) is 18.2. The van der Waals surface area contributed by atoms with Crippen LogP contribution in [0.2, 0.25) is 0 Å². The fourth-order valence-corrected chi connectivity index (χ4v) is 5.36. The molecule has 2 aromatic carbocycles. The lowest BCUT2D eigenvalue weighted by Gasteiger charge is -2.14. The van der Waals surface area contributed by atoms with Crippen molar-refractivity contribution in [3.63, 3.8) is 0 Å². The van der Waals surface area contributed by atoms with Gasteiger partial charge in [-0.3, -0.25) is 0 Å². The van der Waals surface area contributed by atoms with Gasteiger partial charge in [-0.25, -0.2) is 0 Å². The van der Waals surface area contributed by atoms with E-state index in [0.29, 0.717) is 0 Å². The van der Waals surface area contributed by atoms with Gasteiger partial charge in [0.25, 0.3) is 0 Å². The Morgan fingerprint density at radius 1 is 0.577 bits per heavy atom. The van der Waals surface area contributed by atoms with Crippen molar-refractivity contribution in [1.82, 2.24) is 0 Å². The molecule has 0 saturated heterocycles. The first-order valence-electron chi connectivity index (χ1n) is 9.75. The van der Waals surface area contributed by atoms with E-state index >= 15 is 0 Å². The molecular weight excluding hydrogens is 352 g/mol. The molecule has 0 nitrogen and oxygen atoms in total. The first kappa shape index (κ1) is 19.4. The Bertz CT molecular complexity index is 684. The highest BCUT2D eigenvalue weighted by Gasteiger charge is 2.12. The van der Waals surface area contributed by atoms with Gasteiger partial charge in [0.1, 0.15) is 0 Å². The Morgan fingerprint density at radius 2 is 0.962 bits per heavy atom. The Labute approximate surface area is 166 Å². The van der Waals surface area contributed by atoms with Gasteiger partial charge < -0.3 is 0 Å². The third-order valence-corrected chi connectivity index (χ3v) is 7.24. The monoisotopic (exact) mass is 380 g/mol. The zero-order valence-corrected chi connectivity index (χ0v) is 17.5. The van der Waals surface area contributed by atoms with Gasteiger partial charge in [-0.2, -0.15) is 0 Å². The maximum Gasteiger partial charge on any atom is 0.0259 e. The quantitative estimate of drug-likeness (QED) is 0.424. The molecule has 1 heterocycles. The lowest BCUT2D eigenvalue weighted by molar-refractivity contribution is 0.795. The molecule has 0 unspecified atom stereocenters. The minimum atomic E-state index is 1.19. The number of benzene rings is 2. The van der Waals surface area contributed by atoms with Crippen molar-refractivity contribution in [2.45, 2.75) is 52.4 Å². The number of rotatable bonds is 8. The molecule has 1 aliphatic heterocycles. The highest BCUT2D eigenvalue weighted by molar-refractivity contribution is 8.83. The summed E-state index contributed by atoms with van der Waals surface area (Å²) in [6.07, 6.45) is 12.0. The van der Waals surface area contributed by atoms with E-state index in [4.69, 9.17) is 0 Å². The molecular formula is C24H28S2. The molecule has 0 aromatic heterocycles. The fourth-order valence-electron chi connectivity index (χ4n) is 3.02. The lowest BCUT2D eigenvalue weighted by atomic mass is 10.1. The minimum Gasteiger partial charge on any atom is -0.0654 e. The van der Waals surface area contributed by atoms with Crippen molar-refractivity contribution in [3.8, 4) is 0 Å². The third kappa shape index (κ3) is 5.31. The van der Waals surface area contributed by atoms with Crippen LogP contribution in [0, 0.1) is 0 Å². The molecule has 0 N–H and O–H groups in total. The fraction of sp³-hybridized carbons (Fsp3) is 0.333. The van der Waals surface area contributed by atoms with Crippen molar-refractivity contribution in [3.05, 3.63) is 82.9 Å².